The number of ether oxygens (including phenoxy) is 1. The van der Waals surface area contributed by atoms with E-state index < -0.39 is 5.97 Å². The van der Waals surface area contributed by atoms with Crippen LogP contribution in [0.5, 0.6) is 0 Å². The van der Waals surface area contributed by atoms with Crippen LogP contribution in [-0.2, 0) is 9.53 Å². The lowest BCUT2D eigenvalue weighted by Gasteiger charge is -2.02. The molecule has 0 spiro atoms. The first kappa shape index (κ1) is 13.6. The van der Waals surface area contributed by atoms with Gasteiger partial charge >= 0.3 is 5.97 Å². The van der Waals surface area contributed by atoms with Gasteiger partial charge in [-0.05, 0) is 22.8 Å². The molecule has 0 fully saturated rings. The number of esters is 1. The lowest BCUT2D eigenvalue weighted by Crippen LogP contribution is -2.02. The Balaban J connectivity index is 2.27. The number of nitrogens with zero attached hydrogens (tertiary/aromatic N) is 1. The Morgan fingerprint density at radius 3 is 2.20 bits per heavy atom. The van der Waals surface area contributed by atoms with Gasteiger partial charge in [-0.1, -0.05) is 54.6 Å². The number of hydrogen-bond donors (Lipinski definition) is 0. The molecule has 0 radical (unpaired) electrons. The van der Waals surface area contributed by atoms with Gasteiger partial charge in [0.15, 0.2) is 0 Å². The molecule has 0 atom stereocenters. The fourth-order valence-corrected chi connectivity index (χ4v) is 1.82. The summed E-state index contributed by atoms with van der Waals surface area (Å²) in [6, 6.07) is 19.4. The van der Waals surface area contributed by atoms with Gasteiger partial charge in [-0.25, -0.2) is 4.79 Å². The van der Waals surface area contributed by atoms with E-state index in [-0.39, 0.29) is 5.57 Å². The van der Waals surface area contributed by atoms with Crippen molar-refractivity contribution in [3.8, 4) is 17.2 Å². The molecule has 3 heteroatoms. The predicted octanol–water partition coefficient (Wildman–Crippen LogP) is 3.43. The van der Waals surface area contributed by atoms with Gasteiger partial charge in [-0.3, -0.25) is 0 Å². The summed E-state index contributed by atoms with van der Waals surface area (Å²) in [5, 5.41) is 8.90. The molecule has 0 aliphatic carbocycles. The third-order valence-electron chi connectivity index (χ3n) is 2.85. The van der Waals surface area contributed by atoms with Gasteiger partial charge in [0.25, 0.3) is 0 Å². The van der Waals surface area contributed by atoms with Crippen LogP contribution < -0.4 is 0 Å². The molecule has 0 saturated carbocycles. The second-order valence-corrected chi connectivity index (χ2v) is 4.15. The summed E-state index contributed by atoms with van der Waals surface area (Å²) in [6.45, 7) is 0. The third-order valence-corrected chi connectivity index (χ3v) is 2.85. The van der Waals surface area contributed by atoms with Gasteiger partial charge < -0.3 is 4.74 Å². The number of carbonyl (C=O) groups excluding carboxylic acids is 1. The van der Waals surface area contributed by atoms with E-state index in [0.29, 0.717) is 0 Å². The standard InChI is InChI=1S/C17H13NO2/c1-20-17(19)16(12-18)11-13-7-9-15(10-8-13)14-5-3-2-4-6-14/h2-11H,1H3/b16-11+. The Kier molecular flexibility index (Phi) is 4.31. The van der Waals surface area contributed by atoms with Crippen molar-refractivity contribution in [3.05, 3.63) is 65.7 Å². The molecule has 0 aliphatic heterocycles. The monoisotopic (exact) mass is 263 g/mol. The molecule has 2 aromatic carbocycles. The van der Waals surface area contributed by atoms with Crippen LogP contribution >= 0.6 is 0 Å². The molecule has 3 nitrogen and oxygen atoms in total. The Hall–Kier alpha value is -2.86. The van der Waals surface area contributed by atoms with Crippen molar-refractivity contribution in [2.24, 2.45) is 0 Å². The van der Waals surface area contributed by atoms with Crippen LogP contribution in [0.4, 0.5) is 0 Å². The number of benzene rings is 2. The number of nitriles is 1. The molecule has 0 heterocycles. The molecule has 2 aromatic rings. The van der Waals surface area contributed by atoms with Crippen molar-refractivity contribution >= 4 is 12.0 Å². The maximum absolute atomic E-state index is 11.3. The molecule has 0 unspecified atom stereocenters. The average Bonchev–Trinajstić information content (AvgIpc) is 2.53. The summed E-state index contributed by atoms with van der Waals surface area (Å²) in [5.41, 5.74) is 2.97. The third kappa shape index (κ3) is 3.12. The predicted molar refractivity (Wildman–Crippen MR) is 77.5 cm³/mol. The fraction of sp³-hybridized carbons (Fsp3) is 0.0588. The number of carbonyl (C=O) groups is 1. The molecule has 0 bridgehead atoms. The maximum Gasteiger partial charge on any atom is 0.348 e. The summed E-state index contributed by atoms with van der Waals surface area (Å²) >= 11 is 0. The van der Waals surface area contributed by atoms with Crippen LogP contribution in [-0.4, -0.2) is 13.1 Å². The normalized spacial score (nSPS) is 10.7. The Labute approximate surface area is 117 Å². The molecular weight excluding hydrogens is 250 g/mol. The highest BCUT2D eigenvalue weighted by atomic mass is 16.5. The smallest absolute Gasteiger partial charge is 0.348 e. The second-order valence-electron chi connectivity index (χ2n) is 4.15. The zero-order chi connectivity index (χ0) is 14.4. The Morgan fingerprint density at radius 1 is 1.05 bits per heavy atom. The molecule has 98 valence electrons. The van der Waals surface area contributed by atoms with E-state index in [9.17, 15) is 4.79 Å². The summed E-state index contributed by atoms with van der Waals surface area (Å²) in [5.74, 6) is -0.625. The molecule has 0 aromatic heterocycles. The maximum atomic E-state index is 11.3. The zero-order valence-electron chi connectivity index (χ0n) is 11.0. The largest absolute Gasteiger partial charge is 0.465 e. The molecule has 0 N–H and O–H groups in total. The van der Waals surface area contributed by atoms with Gasteiger partial charge in [0.1, 0.15) is 11.6 Å². The quantitative estimate of drug-likeness (QED) is 0.484. The number of rotatable bonds is 3. The van der Waals surface area contributed by atoms with E-state index >= 15 is 0 Å². The average molecular weight is 263 g/mol. The summed E-state index contributed by atoms with van der Waals surface area (Å²) in [6.07, 6.45) is 1.51. The summed E-state index contributed by atoms with van der Waals surface area (Å²) in [7, 11) is 1.26. The zero-order valence-corrected chi connectivity index (χ0v) is 11.0. The van der Waals surface area contributed by atoms with Crippen molar-refractivity contribution < 1.29 is 9.53 Å². The summed E-state index contributed by atoms with van der Waals surface area (Å²) in [4.78, 5) is 11.3. The van der Waals surface area contributed by atoms with Crippen LogP contribution in [0.1, 0.15) is 5.56 Å². The highest BCUT2D eigenvalue weighted by Gasteiger charge is 2.08. The van der Waals surface area contributed by atoms with Gasteiger partial charge in [0.2, 0.25) is 0 Å². The first-order chi connectivity index (χ1) is 9.74. The van der Waals surface area contributed by atoms with Gasteiger partial charge in [0.05, 0.1) is 7.11 Å². The van der Waals surface area contributed by atoms with Crippen molar-refractivity contribution in [2.45, 2.75) is 0 Å². The molecular formula is C17H13NO2. The van der Waals surface area contributed by atoms with E-state index in [4.69, 9.17) is 5.26 Å². The second kappa shape index (κ2) is 6.35. The van der Waals surface area contributed by atoms with Crippen molar-refractivity contribution in [1.82, 2.24) is 0 Å². The van der Waals surface area contributed by atoms with Gasteiger partial charge in [0, 0.05) is 0 Å². The van der Waals surface area contributed by atoms with E-state index in [1.54, 1.807) is 0 Å². The first-order valence-electron chi connectivity index (χ1n) is 6.10. The lowest BCUT2D eigenvalue weighted by atomic mass is 10.0. The van der Waals surface area contributed by atoms with Crippen molar-refractivity contribution in [2.75, 3.05) is 7.11 Å². The Morgan fingerprint density at radius 2 is 1.65 bits per heavy atom. The van der Waals surface area contributed by atoms with Crippen LogP contribution in [0.25, 0.3) is 17.2 Å². The fourth-order valence-electron chi connectivity index (χ4n) is 1.82. The van der Waals surface area contributed by atoms with E-state index in [0.717, 1.165) is 16.7 Å². The topological polar surface area (TPSA) is 50.1 Å². The molecule has 0 amide bonds. The molecule has 2 rings (SSSR count). The first-order valence-corrected chi connectivity index (χ1v) is 6.10. The van der Waals surface area contributed by atoms with Gasteiger partial charge in [-0.2, -0.15) is 5.26 Å². The highest BCUT2D eigenvalue weighted by Crippen LogP contribution is 2.20. The van der Waals surface area contributed by atoms with E-state index in [2.05, 4.69) is 4.74 Å². The number of methoxy groups -OCH3 is 1. The molecule has 0 aliphatic rings. The Bertz CT molecular complexity index is 664. The van der Waals surface area contributed by atoms with Crippen LogP contribution in [0, 0.1) is 11.3 Å². The SMILES string of the molecule is COC(=O)/C(C#N)=C/c1ccc(-c2ccccc2)cc1. The minimum absolute atomic E-state index is 0.0139. The van der Waals surface area contributed by atoms with Gasteiger partial charge in [-0.15, -0.1) is 0 Å². The van der Waals surface area contributed by atoms with E-state index in [1.807, 2.05) is 60.7 Å². The molecule has 0 saturated heterocycles. The van der Waals surface area contributed by atoms with Crippen LogP contribution in [0.3, 0.4) is 0 Å². The highest BCUT2D eigenvalue weighted by molar-refractivity contribution is 5.97. The minimum atomic E-state index is -0.625. The minimum Gasteiger partial charge on any atom is -0.465 e. The molecule has 20 heavy (non-hydrogen) atoms. The van der Waals surface area contributed by atoms with Crippen LogP contribution in [0.2, 0.25) is 0 Å². The number of hydrogen-bond acceptors (Lipinski definition) is 3. The van der Waals surface area contributed by atoms with Crippen molar-refractivity contribution in [3.63, 3.8) is 0 Å². The van der Waals surface area contributed by atoms with Crippen molar-refractivity contribution in [1.29, 1.82) is 5.26 Å². The summed E-state index contributed by atoms with van der Waals surface area (Å²) < 4.78 is 4.54. The van der Waals surface area contributed by atoms with E-state index in [1.165, 1.54) is 13.2 Å². The lowest BCUT2D eigenvalue weighted by molar-refractivity contribution is -0.135. The van der Waals surface area contributed by atoms with Crippen LogP contribution in [0.15, 0.2) is 60.2 Å².